The molecule has 178 valence electrons. The molecule has 0 aliphatic carbocycles. The van der Waals surface area contributed by atoms with Gasteiger partial charge in [-0.3, -0.25) is 4.68 Å². The number of rotatable bonds is 9. The molecule has 0 amide bonds. The third-order valence-corrected chi connectivity index (χ3v) is 9.18. The molecule has 6 nitrogen and oxygen atoms in total. The van der Waals surface area contributed by atoms with Crippen LogP contribution in [0.5, 0.6) is 0 Å². The zero-order valence-electron chi connectivity index (χ0n) is 19.8. The second-order valence-corrected chi connectivity index (χ2v) is 12.0. The standard InChI is InChI=1S/C25H33N3O3S2/c1-5-21-18-31-25(4,14-13-19(2)3)28(21)33(29,30)23-17-27(16-20-10-7-6-8-11-20)26-24(23)22-12-9-15-32-22/h6-12,15,17,19,21H,5,13-14,16,18H2,1-4H3. The average molecular weight is 488 g/mol. The van der Waals surface area contributed by atoms with Gasteiger partial charge in [-0.25, -0.2) is 8.42 Å². The highest BCUT2D eigenvalue weighted by Gasteiger charge is 2.51. The van der Waals surface area contributed by atoms with Crippen LogP contribution in [0, 0.1) is 5.92 Å². The van der Waals surface area contributed by atoms with Gasteiger partial charge < -0.3 is 4.74 Å². The fraction of sp³-hybridized carbons (Fsp3) is 0.480. The molecule has 1 aliphatic heterocycles. The van der Waals surface area contributed by atoms with Crippen LogP contribution in [0.1, 0.15) is 52.5 Å². The quantitative estimate of drug-likeness (QED) is 0.393. The molecular formula is C25H33N3O3S2. The fourth-order valence-electron chi connectivity index (χ4n) is 4.40. The first-order valence-corrected chi connectivity index (χ1v) is 13.9. The van der Waals surface area contributed by atoms with Crippen molar-refractivity contribution >= 4 is 21.4 Å². The molecule has 1 saturated heterocycles. The monoisotopic (exact) mass is 487 g/mol. The predicted molar refractivity (Wildman–Crippen MR) is 133 cm³/mol. The number of ether oxygens (including phenoxy) is 1. The minimum absolute atomic E-state index is 0.194. The molecule has 8 heteroatoms. The highest BCUT2D eigenvalue weighted by molar-refractivity contribution is 7.89. The Morgan fingerprint density at radius 1 is 1.21 bits per heavy atom. The number of hydrogen-bond donors (Lipinski definition) is 0. The van der Waals surface area contributed by atoms with Gasteiger partial charge in [0.1, 0.15) is 16.3 Å². The van der Waals surface area contributed by atoms with E-state index in [1.54, 1.807) is 15.2 Å². The molecule has 1 fully saturated rings. The van der Waals surface area contributed by atoms with Crippen LogP contribution in [-0.2, 0) is 21.3 Å². The number of aromatic nitrogens is 2. The van der Waals surface area contributed by atoms with E-state index in [0.29, 0.717) is 37.6 Å². The number of hydrogen-bond acceptors (Lipinski definition) is 5. The average Bonchev–Trinajstić information content (AvgIpc) is 3.52. The lowest BCUT2D eigenvalue weighted by Gasteiger charge is -2.35. The first-order chi connectivity index (χ1) is 15.7. The molecule has 33 heavy (non-hydrogen) atoms. The Labute approximate surface area is 201 Å². The molecule has 1 aliphatic rings. The lowest BCUT2D eigenvalue weighted by Crippen LogP contribution is -2.49. The molecule has 2 atom stereocenters. The zero-order chi connectivity index (χ0) is 23.6. The number of nitrogens with zero attached hydrogens (tertiary/aromatic N) is 3. The van der Waals surface area contributed by atoms with Gasteiger partial charge in [0.05, 0.1) is 24.1 Å². The van der Waals surface area contributed by atoms with Crippen LogP contribution in [0.3, 0.4) is 0 Å². The summed E-state index contributed by atoms with van der Waals surface area (Å²) in [6.45, 7) is 9.16. The lowest BCUT2D eigenvalue weighted by molar-refractivity contribution is -0.0433. The fourth-order valence-corrected chi connectivity index (χ4v) is 7.30. The van der Waals surface area contributed by atoms with E-state index in [4.69, 9.17) is 9.84 Å². The topological polar surface area (TPSA) is 64.4 Å². The van der Waals surface area contributed by atoms with Crippen LogP contribution in [0.4, 0.5) is 0 Å². The summed E-state index contributed by atoms with van der Waals surface area (Å²) in [5.41, 5.74) is 0.714. The van der Waals surface area contributed by atoms with E-state index < -0.39 is 15.7 Å². The minimum atomic E-state index is -3.85. The zero-order valence-corrected chi connectivity index (χ0v) is 21.4. The Balaban J connectivity index is 1.78. The highest BCUT2D eigenvalue weighted by Crippen LogP contribution is 2.41. The maximum atomic E-state index is 14.2. The van der Waals surface area contributed by atoms with Gasteiger partial charge in [0.2, 0.25) is 10.0 Å². The largest absolute Gasteiger partial charge is 0.358 e. The molecule has 4 rings (SSSR count). The van der Waals surface area contributed by atoms with Crippen molar-refractivity contribution in [2.24, 2.45) is 5.92 Å². The molecular weight excluding hydrogens is 454 g/mol. The van der Waals surface area contributed by atoms with E-state index in [9.17, 15) is 8.42 Å². The second-order valence-electron chi connectivity index (χ2n) is 9.28. The van der Waals surface area contributed by atoms with Crippen molar-refractivity contribution in [2.45, 2.75) is 70.2 Å². The van der Waals surface area contributed by atoms with Gasteiger partial charge in [-0.1, -0.05) is 57.2 Å². The first kappa shape index (κ1) is 24.1. The van der Waals surface area contributed by atoms with E-state index >= 15 is 0 Å². The summed E-state index contributed by atoms with van der Waals surface area (Å²) in [5, 5.41) is 6.69. The summed E-state index contributed by atoms with van der Waals surface area (Å²) in [7, 11) is -3.85. The van der Waals surface area contributed by atoms with Crippen molar-refractivity contribution in [2.75, 3.05) is 6.61 Å². The minimum Gasteiger partial charge on any atom is -0.358 e. The van der Waals surface area contributed by atoms with Crippen LogP contribution in [0.25, 0.3) is 10.6 Å². The van der Waals surface area contributed by atoms with Gasteiger partial charge in [0.25, 0.3) is 0 Å². The van der Waals surface area contributed by atoms with Crippen molar-refractivity contribution < 1.29 is 13.2 Å². The van der Waals surface area contributed by atoms with Gasteiger partial charge in [-0.05, 0) is 49.1 Å². The van der Waals surface area contributed by atoms with Gasteiger partial charge in [0, 0.05) is 6.20 Å². The van der Waals surface area contributed by atoms with E-state index in [0.717, 1.165) is 16.9 Å². The Morgan fingerprint density at radius 3 is 2.61 bits per heavy atom. The Bertz CT molecular complexity index is 1160. The SMILES string of the molecule is CCC1COC(C)(CCC(C)C)N1S(=O)(=O)c1cn(Cc2ccccc2)nc1-c1cccs1. The normalized spacial score (nSPS) is 21.8. The summed E-state index contributed by atoms with van der Waals surface area (Å²) in [5.74, 6) is 0.464. The smallest absolute Gasteiger partial charge is 0.249 e. The van der Waals surface area contributed by atoms with Crippen LogP contribution in [0.2, 0.25) is 0 Å². The Morgan fingerprint density at radius 2 is 1.97 bits per heavy atom. The van der Waals surface area contributed by atoms with Crippen molar-refractivity contribution in [1.82, 2.24) is 14.1 Å². The molecule has 0 radical (unpaired) electrons. The van der Waals surface area contributed by atoms with E-state index in [1.807, 2.05) is 61.7 Å². The van der Waals surface area contributed by atoms with Crippen LogP contribution < -0.4 is 0 Å². The van der Waals surface area contributed by atoms with Crippen molar-refractivity contribution in [1.29, 1.82) is 0 Å². The maximum Gasteiger partial charge on any atom is 0.249 e. The van der Waals surface area contributed by atoms with Gasteiger partial charge in [-0.2, -0.15) is 9.40 Å². The molecule has 3 heterocycles. The summed E-state index contributed by atoms with van der Waals surface area (Å²) < 4.78 is 38.0. The lowest BCUT2D eigenvalue weighted by atomic mass is 10.0. The van der Waals surface area contributed by atoms with Crippen LogP contribution in [-0.4, -0.2) is 40.9 Å². The van der Waals surface area contributed by atoms with Gasteiger partial charge >= 0.3 is 0 Å². The van der Waals surface area contributed by atoms with E-state index in [1.165, 1.54) is 11.3 Å². The van der Waals surface area contributed by atoms with Crippen molar-refractivity contribution in [3.8, 4) is 10.6 Å². The third-order valence-electron chi connectivity index (χ3n) is 6.25. The summed E-state index contributed by atoms with van der Waals surface area (Å²) in [6, 6.07) is 13.6. The molecule has 0 bridgehead atoms. The highest BCUT2D eigenvalue weighted by atomic mass is 32.2. The summed E-state index contributed by atoms with van der Waals surface area (Å²) >= 11 is 1.50. The number of thiophene rings is 1. The molecule has 0 saturated carbocycles. The predicted octanol–water partition coefficient (Wildman–Crippen LogP) is 5.61. The van der Waals surface area contributed by atoms with Crippen molar-refractivity contribution in [3.05, 3.63) is 59.6 Å². The van der Waals surface area contributed by atoms with Crippen LogP contribution in [0.15, 0.2) is 58.9 Å². The molecule has 1 aromatic carbocycles. The van der Waals surface area contributed by atoms with Crippen LogP contribution >= 0.6 is 11.3 Å². The van der Waals surface area contributed by atoms with E-state index in [-0.39, 0.29) is 10.9 Å². The van der Waals surface area contributed by atoms with Gasteiger partial charge in [0.15, 0.2) is 0 Å². The molecule has 3 aromatic rings. The third kappa shape index (κ3) is 4.94. The molecule has 2 aromatic heterocycles. The Hall–Kier alpha value is -2.00. The molecule has 2 unspecified atom stereocenters. The summed E-state index contributed by atoms with van der Waals surface area (Å²) in [6.07, 6.45) is 3.94. The Kier molecular flexibility index (Phi) is 7.09. The maximum absolute atomic E-state index is 14.2. The van der Waals surface area contributed by atoms with Gasteiger partial charge in [-0.15, -0.1) is 11.3 Å². The second kappa shape index (κ2) is 9.70. The first-order valence-electron chi connectivity index (χ1n) is 11.6. The molecule has 0 N–H and O–H groups in total. The van der Waals surface area contributed by atoms with E-state index in [2.05, 4.69) is 13.8 Å². The summed E-state index contributed by atoms with van der Waals surface area (Å²) in [4.78, 5) is 1.10. The number of benzene rings is 1. The van der Waals surface area contributed by atoms with Crippen molar-refractivity contribution in [3.63, 3.8) is 0 Å². The number of sulfonamides is 1. The molecule has 0 spiro atoms.